The monoisotopic (exact) mass is 638 g/mol. The summed E-state index contributed by atoms with van der Waals surface area (Å²) in [7, 11) is 0. The molecule has 0 aliphatic carbocycles. The molecule has 16 nitrogen and oxygen atoms in total. The maximum atomic E-state index is 12.4. The highest BCUT2D eigenvalue weighted by atomic mass is 16.3. The highest BCUT2D eigenvalue weighted by Gasteiger charge is 2.22. The van der Waals surface area contributed by atoms with Crippen LogP contribution in [0.1, 0.15) is 36.6 Å². The molecule has 0 bridgehead atoms. The molecule has 46 heavy (non-hydrogen) atoms. The number of carbonyl (C=O) groups is 6. The highest BCUT2D eigenvalue weighted by molar-refractivity contribution is 5.97. The molecule has 6 amide bonds. The van der Waals surface area contributed by atoms with Crippen LogP contribution in [0.15, 0.2) is 73.0 Å². The first kappa shape index (κ1) is 31.7. The lowest BCUT2D eigenvalue weighted by Gasteiger charge is -2.16. The molecular formula is C30H34N8O8. The Bertz CT molecular complexity index is 1510. The van der Waals surface area contributed by atoms with E-state index in [1.165, 1.54) is 60.7 Å². The van der Waals surface area contributed by atoms with Gasteiger partial charge in [-0.1, -0.05) is 12.1 Å². The maximum Gasteiger partial charge on any atom is 0.270 e. The van der Waals surface area contributed by atoms with Crippen LogP contribution in [0.25, 0.3) is 0 Å². The van der Waals surface area contributed by atoms with Gasteiger partial charge in [0.25, 0.3) is 11.8 Å². The Kier molecular flexibility index (Phi) is 12.5. The van der Waals surface area contributed by atoms with Crippen LogP contribution in [0.3, 0.4) is 0 Å². The predicted octanol–water partition coefficient (Wildman–Crippen LogP) is -1.05. The molecule has 0 radical (unpaired) electrons. The van der Waals surface area contributed by atoms with Crippen LogP contribution in [0.5, 0.6) is 0 Å². The number of aliphatic hydroxyl groups is 2. The molecule has 0 saturated heterocycles. The number of anilines is 2. The first-order valence-electron chi connectivity index (χ1n) is 14.9. The summed E-state index contributed by atoms with van der Waals surface area (Å²) in [4.78, 5) is 81.3. The van der Waals surface area contributed by atoms with E-state index in [0.717, 1.165) is 0 Å². The number of aromatic nitrogens is 2. The smallest absolute Gasteiger partial charge is 0.270 e. The fourth-order valence-electron chi connectivity index (χ4n) is 3.69. The van der Waals surface area contributed by atoms with Gasteiger partial charge in [-0.25, -0.2) is 0 Å². The van der Waals surface area contributed by atoms with Gasteiger partial charge >= 0.3 is 0 Å². The summed E-state index contributed by atoms with van der Waals surface area (Å²) in [6.45, 7) is -1.59. The van der Waals surface area contributed by atoms with E-state index >= 15 is 0 Å². The van der Waals surface area contributed by atoms with Crippen molar-refractivity contribution in [2.45, 2.75) is 24.9 Å². The lowest BCUT2D eigenvalue weighted by Crippen LogP contribution is -2.49. The summed E-state index contributed by atoms with van der Waals surface area (Å²) in [6.07, 6.45) is -0.521. The molecule has 2 aromatic heterocycles. The Hall–Kier alpha value is -5.74. The van der Waals surface area contributed by atoms with Crippen LogP contribution in [-0.2, 0) is 19.2 Å². The van der Waals surface area contributed by atoms with E-state index in [1.807, 2.05) is 0 Å². The predicted molar refractivity (Wildman–Crippen MR) is 164 cm³/mol. The van der Waals surface area contributed by atoms with Gasteiger partial charge in [0.05, 0.1) is 16.0 Å². The molecule has 0 saturated carbocycles. The van der Waals surface area contributed by atoms with Crippen LogP contribution >= 0.6 is 0 Å². The topological polar surface area (TPSA) is 241 Å². The molecule has 0 aliphatic heterocycles. The number of benzene rings is 1. The molecule has 8 N–H and O–H groups in total. The van der Waals surface area contributed by atoms with E-state index in [4.69, 9.17) is 2.74 Å². The number of hydrogen-bond donors (Lipinski definition) is 8. The molecule has 0 unspecified atom stereocenters. The van der Waals surface area contributed by atoms with Crippen LogP contribution in [0, 0.1) is 0 Å². The van der Waals surface area contributed by atoms with Crippen LogP contribution in [0.4, 0.5) is 11.4 Å². The van der Waals surface area contributed by atoms with Crippen molar-refractivity contribution in [3.05, 3.63) is 84.4 Å². The first-order chi connectivity index (χ1) is 23.0. The average molecular weight is 639 g/mol. The van der Waals surface area contributed by atoms with Crippen molar-refractivity contribution in [3.8, 4) is 0 Å². The zero-order valence-electron chi connectivity index (χ0n) is 26.4. The summed E-state index contributed by atoms with van der Waals surface area (Å²) < 4.78 is 14.9. The minimum atomic E-state index is -1.29. The number of pyridine rings is 2. The van der Waals surface area contributed by atoms with Gasteiger partial charge in [-0.3, -0.25) is 38.7 Å². The fraction of sp³-hybridized carbons (Fsp3) is 0.267. The summed E-state index contributed by atoms with van der Waals surface area (Å²) in [6, 6.07) is 11.9. The van der Waals surface area contributed by atoms with Crippen molar-refractivity contribution in [1.29, 1.82) is 0 Å². The largest absolute Gasteiger partial charge is 0.394 e. The zero-order valence-corrected chi connectivity index (χ0v) is 24.4. The zero-order chi connectivity index (χ0) is 35.1. The summed E-state index contributed by atoms with van der Waals surface area (Å²) in [5.41, 5.74) is 0.628. The summed E-state index contributed by atoms with van der Waals surface area (Å²) in [5.74, 6) is -3.81. The molecule has 0 fully saturated rings. The van der Waals surface area contributed by atoms with Gasteiger partial charge in [0.2, 0.25) is 23.6 Å². The number of hydrogen-bond acceptors (Lipinski definition) is 10. The molecule has 2 heterocycles. The van der Waals surface area contributed by atoms with Gasteiger partial charge < -0.3 is 42.1 Å². The van der Waals surface area contributed by atoms with Crippen LogP contribution in [-0.4, -0.2) is 94.0 Å². The van der Waals surface area contributed by atoms with E-state index in [-0.39, 0.29) is 49.7 Å². The third kappa shape index (κ3) is 11.4. The Morgan fingerprint density at radius 2 is 1.02 bits per heavy atom. The quantitative estimate of drug-likeness (QED) is 0.0946. The molecule has 242 valence electrons. The SMILES string of the molecule is [3H]c1cccc(C(=O)N[C@@H](CO)C(=O)NCCC(=O)Nc2ccc(NC(=O)CCNC(=O)[C@H](CO)NC(=O)c3cccc([3H])n3)cc2)n1. The van der Waals surface area contributed by atoms with Gasteiger partial charge in [-0.15, -0.1) is 0 Å². The molecule has 3 rings (SSSR count). The van der Waals surface area contributed by atoms with E-state index in [0.29, 0.717) is 11.4 Å². The number of aliphatic hydroxyl groups excluding tert-OH is 2. The van der Waals surface area contributed by atoms with Crippen molar-refractivity contribution >= 4 is 46.8 Å². The molecular weight excluding hydrogens is 600 g/mol. The second-order valence-corrected chi connectivity index (χ2v) is 9.48. The lowest BCUT2D eigenvalue weighted by molar-refractivity contribution is -0.125. The number of carbonyl (C=O) groups excluding carboxylic acids is 6. The average Bonchev–Trinajstić information content (AvgIpc) is 3.06. The van der Waals surface area contributed by atoms with Crippen molar-refractivity contribution in [3.63, 3.8) is 0 Å². The van der Waals surface area contributed by atoms with Crippen LogP contribution in [0.2, 0.25) is 0 Å². The Balaban J connectivity index is 1.35. The van der Waals surface area contributed by atoms with Crippen molar-refractivity contribution in [1.82, 2.24) is 31.2 Å². The van der Waals surface area contributed by atoms with E-state index < -0.39 is 60.7 Å². The minimum Gasteiger partial charge on any atom is -0.394 e. The third-order valence-corrected chi connectivity index (χ3v) is 6.05. The molecule has 0 aliphatic rings. The first-order valence-corrected chi connectivity index (χ1v) is 13.9. The van der Waals surface area contributed by atoms with E-state index in [9.17, 15) is 39.0 Å². The Morgan fingerprint density at radius 1 is 0.630 bits per heavy atom. The van der Waals surface area contributed by atoms with Gasteiger partial charge in [0.1, 0.15) is 23.5 Å². The van der Waals surface area contributed by atoms with Gasteiger partial charge in [0, 0.05) is 49.7 Å². The van der Waals surface area contributed by atoms with Gasteiger partial charge in [-0.2, -0.15) is 0 Å². The standard InChI is InChI=1S/C30H34N8O8/c39-17-23(37-29(45)21-5-1-3-13-31-21)27(43)33-15-11-25(41)35-19-7-9-20(10-8-19)36-26(42)12-16-34-28(44)24(18-40)38-30(46)22-6-2-4-14-32-22/h1-10,13-14,23-24,39-40H,11-12,15-18H2,(H,33,43)(H,34,44)(H,35,41)(H,36,42)(H,37,45)(H,38,46)/t23-,24-/m0/s1/i13T,14T. The highest BCUT2D eigenvalue weighted by Crippen LogP contribution is 2.14. The van der Waals surface area contributed by atoms with Gasteiger partial charge in [0.15, 0.2) is 0 Å². The minimum absolute atomic E-state index is 0.0915. The molecule has 0 spiro atoms. The molecule has 3 aromatic rings. The van der Waals surface area contributed by atoms with Crippen molar-refractivity contribution in [2.75, 3.05) is 36.9 Å². The number of rotatable bonds is 16. The lowest BCUT2D eigenvalue weighted by atomic mass is 10.2. The Morgan fingerprint density at radius 3 is 1.37 bits per heavy atom. The molecule has 2 atom stereocenters. The number of nitrogens with zero attached hydrogens (tertiary/aromatic N) is 2. The summed E-state index contributed by atoms with van der Waals surface area (Å²) in [5, 5.41) is 33.8. The van der Waals surface area contributed by atoms with Crippen LogP contribution < -0.4 is 31.9 Å². The second kappa shape index (κ2) is 18.2. The van der Waals surface area contributed by atoms with Crippen molar-refractivity contribution < 1.29 is 41.7 Å². The Labute approximate surface area is 266 Å². The summed E-state index contributed by atoms with van der Waals surface area (Å²) >= 11 is 0. The maximum absolute atomic E-state index is 12.4. The van der Waals surface area contributed by atoms with E-state index in [2.05, 4.69) is 41.9 Å². The molecule has 16 heteroatoms. The fourth-order valence-corrected chi connectivity index (χ4v) is 3.69. The number of amides is 6. The molecule has 1 aromatic carbocycles. The van der Waals surface area contributed by atoms with E-state index in [1.54, 1.807) is 0 Å². The third-order valence-electron chi connectivity index (χ3n) is 6.05. The van der Waals surface area contributed by atoms with Gasteiger partial charge in [-0.05, 0) is 48.5 Å². The normalized spacial score (nSPS) is 12.3. The van der Waals surface area contributed by atoms with Crippen molar-refractivity contribution in [2.24, 2.45) is 0 Å². The number of nitrogens with one attached hydrogen (secondary N) is 6. The second-order valence-electron chi connectivity index (χ2n) is 9.48.